The lowest BCUT2D eigenvalue weighted by atomic mass is 10.1. The highest BCUT2D eigenvalue weighted by Gasteiger charge is 2.12. The number of nitrogens with zero attached hydrogens (tertiary/aromatic N) is 2. The Morgan fingerprint density at radius 3 is 2.76 bits per heavy atom. The molecule has 17 heavy (non-hydrogen) atoms. The fourth-order valence-electron chi connectivity index (χ4n) is 2.01. The van der Waals surface area contributed by atoms with Crippen LogP contribution in [0, 0.1) is 0 Å². The first-order valence-corrected chi connectivity index (χ1v) is 6.00. The van der Waals surface area contributed by atoms with Crippen molar-refractivity contribution in [2.45, 2.75) is 26.3 Å². The lowest BCUT2D eigenvalue weighted by Crippen LogP contribution is -2.28. The molecule has 1 atom stereocenters. The van der Waals surface area contributed by atoms with Crippen LogP contribution < -0.4 is 10.6 Å². The highest BCUT2D eigenvalue weighted by molar-refractivity contribution is 6.00. The minimum absolute atomic E-state index is 0.509. The second kappa shape index (κ2) is 4.62. The molecule has 0 fully saturated rings. The molecule has 1 unspecified atom stereocenters. The summed E-state index contributed by atoms with van der Waals surface area (Å²) in [7, 11) is 2.12. The van der Waals surface area contributed by atoms with Gasteiger partial charge in [-0.2, -0.15) is 0 Å². The minimum Gasteiger partial charge on any atom is -0.398 e. The number of pyridine rings is 1. The first-order chi connectivity index (χ1) is 8.15. The van der Waals surface area contributed by atoms with Crippen LogP contribution in [0.4, 0.5) is 11.4 Å². The van der Waals surface area contributed by atoms with Gasteiger partial charge < -0.3 is 10.6 Å². The van der Waals surface area contributed by atoms with Gasteiger partial charge in [-0.25, -0.2) is 0 Å². The molecular weight excluding hydrogens is 210 g/mol. The predicted octanol–water partition coefficient (Wildman–Crippen LogP) is 3.05. The maximum Gasteiger partial charge on any atom is 0.0448 e. The average molecular weight is 229 g/mol. The Kier molecular flexibility index (Phi) is 3.18. The van der Waals surface area contributed by atoms with E-state index in [0.717, 1.165) is 17.5 Å². The third-order valence-corrected chi connectivity index (χ3v) is 3.46. The molecule has 0 bridgehead atoms. The second-order valence-corrected chi connectivity index (χ2v) is 4.46. The molecule has 0 aliphatic rings. The van der Waals surface area contributed by atoms with Gasteiger partial charge in [0, 0.05) is 47.6 Å². The Balaban J connectivity index is 2.59. The van der Waals surface area contributed by atoms with Gasteiger partial charge in [-0.15, -0.1) is 0 Å². The lowest BCUT2D eigenvalue weighted by molar-refractivity contribution is 0.665. The molecule has 2 aromatic rings. The van der Waals surface area contributed by atoms with E-state index >= 15 is 0 Å². The van der Waals surface area contributed by atoms with E-state index < -0.39 is 0 Å². The van der Waals surface area contributed by atoms with E-state index in [9.17, 15) is 0 Å². The summed E-state index contributed by atoms with van der Waals surface area (Å²) in [5.41, 5.74) is 7.98. The van der Waals surface area contributed by atoms with Crippen LogP contribution in [0.2, 0.25) is 0 Å². The van der Waals surface area contributed by atoms with Crippen molar-refractivity contribution in [3.8, 4) is 0 Å². The van der Waals surface area contributed by atoms with Crippen LogP contribution >= 0.6 is 0 Å². The molecule has 2 N–H and O–H groups in total. The molecule has 0 aliphatic carbocycles. The topological polar surface area (TPSA) is 42.1 Å². The van der Waals surface area contributed by atoms with E-state index in [1.807, 2.05) is 24.5 Å². The van der Waals surface area contributed by atoms with Crippen LogP contribution in [-0.2, 0) is 0 Å². The number of hydrogen-bond donors (Lipinski definition) is 1. The van der Waals surface area contributed by atoms with Crippen LogP contribution in [0.3, 0.4) is 0 Å². The van der Waals surface area contributed by atoms with Crippen molar-refractivity contribution in [2.75, 3.05) is 17.7 Å². The maximum atomic E-state index is 5.98. The zero-order chi connectivity index (χ0) is 12.4. The van der Waals surface area contributed by atoms with Crippen LogP contribution in [0.5, 0.6) is 0 Å². The van der Waals surface area contributed by atoms with E-state index in [2.05, 4.69) is 36.8 Å². The molecule has 0 spiro atoms. The third kappa shape index (κ3) is 2.05. The molecule has 1 aromatic carbocycles. The van der Waals surface area contributed by atoms with Gasteiger partial charge in [-0.1, -0.05) is 6.92 Å². The van der Waals surface area contributed by atoms with E-state index in [4.69, 9.17) is 5.73 Å². The Bertz CT molecular complexity index is 522. The number of fused-ring (bicyclic) bond motifs is 1. The number of anilines is 2. The van der Waals surface area contributed by atoms with E-state index in [1.165, 1.54) is 11.1 Å². The van der Waals surface area contributed by atoms with Gasteiger partial charge >= 0.3 is 0 Å². The quantitative estimate of drug-likeness (QED) is 0.822. The fourth-order valence-corrected chi connectivity index (χ4v) is 2.01. The van der Waals surface area contributed by atoms with E-state index in [0.29, 0.717) is 6.04 Å². The van der Waals surface area contributed by atoms with Crippen molar-refractivity contribution in [3.63, 3.8) is 0 Å². The summed E-state index contributed by atoms with van der Waals surface area (Å²) >= 11 is 0. The highest BCUT2D eigenvalue weighted by atomic mass is 15.1. The first kappa shape index (κ1) is 11.7. The number of hydrogen-bond acceptors (Lipinski definition) is 3. The molecule has 1 heterocycles. The van der Waals surface area contributed by atoms with Gasteiger partial charge in [0.2, 0.25) is 0 Å². The third-order valence-electron chi connectivity index (χ3n) is 3.46. The molecule has 3 nitrogen and oxygen atoms in total. The monoisotopic (exact) mass is 229 g/mol. The van der Waals surface area contributed by atoms with Crippen LogP contribution in [0.1, 0.15) is 20.3 Å². The van der Waals surface area contributed by atoms with Crippen molar-refractivity contribution in [2.24, 2.45) is 0 Å². The molecule has 0 saturated carbocycles. The van der Waals surface area contributed by atoms with Crippen molar-refractivity contribution >= 4 is 22.1 Å². The SMILES string of the molecule is CCC(C)N(C)c1ccc(N)c2cnccc12. The van der Waals surface area contributed by atoms with Gasteiger partial charge in [0.1, 0.15) is 0 Å². The number of nitrogen functional groups attached to an aromatic ring is 1. The maximum absolute atomic E-state index is 5.98. The van der Waals surface area contributed by atoms with Crippen molar-refractivity contribution in [1.29, 1.82) is 0 Å². The number of nitrogens with two attached hydrogens (primary N) is 1. The van der Waals surface area contributed by atoms with Gasteiger partial charge in [-0.05, 0) is 31.5 Å². The van der Waals surface area contributed by atoms with E-state index in [1.54, 1.807) is 0 Å². The summed E-state index contributed by atoms with van der Waals surface area (Å²) in [5.74, 6) is 0. The fraction of sp³-hybridized carbons (Fsp3) is 0.357. The number of rotatable bonds is 3. The Hall–Kier alpha value is -1.77. The molecule has 1 aromatic heterocycles. The Labute approximate surface area is 102 Å². The van der Waals surface area contributed by atoms with E-state index in [-0.39, 0.29) is 0 Å². The average Bonchev–Trinajstić information content (AvgIpc) is 2.38. The first-order valence-electron chi connectivity index (χ1n) is 6.00. The molecule has 0 amide bonds. The summed E-state index contributed by atoms with van der Waals surface area (Å²) in [5, 5.41) is 2.20. The van der Waals surface area contributed by atoms with Gasteiger partial charge in [0.15, 0.2) is 0 Å². The summed E-state index contributed by atoms with van der Waals surface area (Å²) < 4.78 is 0. The number of aromatic nitrogens is 1. The lowest BCUT2D eigenvalue weighted by Gasteiger charge is -2.27. The van der Waals surface area contributed by atoms with Gasteiger partial charge in [0.25, 0.3) is 0 Å². The van der Waals surface area contributed by atoms with Crippen molar-refractivity contribution in [1.82, 2.24) is 4.98 Å². The van der Waals surface area contributed by atoms with Crippen molar-refractivity contribution < 1.29 is 0 Å². The molecule has 2 rings (SSSR count). The molecule has 3 heteroatoms. The summed E-state index contributed by atoms with van der Waals surface area (Å²) in [6, 6.07) is 6.58. The zero-order valence-electron chi connectivity index (χ0n) is 10.6. The molecule has 0 radical (unpaired) electrons. The normalized spacial score (nSPS) is 12.6. The summed E-state index contributed by atoms with van der Waals surface area (Å²) in [4.78, 5) is 6.43. The predicted molar refractivity (Wildman–Crippen MR) is 74.3 cm³/mol. The van der Waals surface area contributed by atoms with Crippen LogP contribution in [0.15, 0.2) is 30.6 Å². The molecule has 0 saturated heterocycles. The van der Waals surface area contributed by atoms with Crippen LogP contribution in [-0.4, -0.2) is 18.1 Å². The van der Waals surface area contributed by atoms with Gasteiger partial charge in [0.05, 0.1) is 0 Å². The molecular formula is C14H19N3. The largest absolute Gasteiger partial charge is 0.398 e. The van der Waals surface area contributed by atoms with Crippen LogP contribution in [0.25, 0.3) is 10.8 Å². The Morgan fingerprint density at radius 2 is 2.06 bits per heavy atom. The standard InChI is InChI=1S/C14H19N3/c1-4-10(2)17(3)14-6-5-13(15)12-9-16-8-7-11(12)14/h5-10H,4,15H2,1-3H3. The summed E-state index contributed by atoms with van der Waals surface area (Å²) in [6.07, 6.45) is 4.77. The molecule has 90 valence electrons. The van der Waals surface area contributed by atoms with Crippen molar-refractivity contribution in [3.05, 3.63) is 30.6 Å². The smallest absolute Gasteiger partial charge is 0.0448 e. The zero-order valence-corrected chi connectivity index (χ0v) is 10.6. The molecule has 0 aliphatic heterocycles. The Morgan fingerprint density at radius 1 is 1.29 bits per heavy atom. The minimum atomic E-state index is 0.509. The summed E-state index contributed by atoms with van der Waals surface area (Å²) in [6.45, 7) is 4.42. The highest BCUT2D eigenvalue weighted by Crippen LogP contribution is 2.30. The number of benzene rings is 1. The van der Waals surface area contributed by atoms with Gasteiger partial charge in [-0.3, -0.25) is 4.98 Å². The second-order valence-electron chi connectivity index (χ2n) is 4.46.